The third kappa shape index (κ3) is 4.17. The number of ether oxygens (including phenoxy) is 1. The van der Waals surface area contributed by atoms with E-state index in [1.807, 2.05) is 32.0 Å². The first-order chi connectivity index (χ1) is 10.9. The van der Waals surface area contributed by atoms with Crippen LogP contribution in [0.3, 0.4) is 0 Å². The Morgan fingerprint density at radius 2 is 1.78 bits per heavy atom. The Morgan fingerprint density at radius 1 is 1.13 bits per heavy atom. The van der Waals surface area contributed by atoms with Crippen molar-refractivity contribution in [1.82, 2.24) is 0 Å². The van der Waals surface area contributed by atoms with E-state index in [9.17, 15) is 10.1 Å². The lowest BCUT2D eigenvalue weighted by molar-refractivity contribution is -0.384. The van der Waals surface area contributed by atoms with Gasteiger partial charge in [0.2, 0.25) is 0 Å². The number of nitro groups is 1. The summed E-state index contributed by atoms with van der Waals surface area (Å²) in [5.41, 5.74) is 3.24. The van der Waals surface area contributed by atoms with Gasteiger partial charge >= 0.3 is 0 Å². The van der Waals surface area contributed by atoms with Crippen LogP contribution in [-0.2, 0) is 0 Å². The second-order valence-electron chi connectivity index (χ2n) is 5.04. The lowest BCUT2D eigenvalue weighted by Gasteiger charge is -2.13. The molecule has 0 spiro atoms. The van der Waals surface area contributed by atoms with Crippen molar-refractivity contribution in [2.75, 3.05) is 17.7 Å². The van der Waals surface area contributed by atoms with Crippen molar-refractivity contribution in [3.05, 3.63) is 57.6 Å². The molecule has 0 heterocycles. The summed E-state index contributed by atoms with van der Waals surface area (Å²) in [6.45, 7) is 3.97. The van der Waals surface area contributed by atoms with E-state index in [4.69, 9.17) is 17.0 Å². The summed E-state index contributed by atoms with van der Waals surface area (Å²) in [7, 11) is 1.46. The van der Waals surface area contributed by atoms with Crippen LogP contribution in [0.5, 0.6) is 5.75 Å². The molecule has 2 N–H and O–H groups in total. The molecular weight excluding hydrogens is 314 g/mol. The molecule has 2 aromatic carbocycles. The third-order valence-electron chi connectivity index (χ3n) is 3.28. The van der Waals surface area contributed by atoms with Crippen LogP contribution >= 0.6 is 12.2 Å². The van der Waals surface area contributed by atoms with Gasteiger partial charge in [0.1, 0.15) is 11.4 Å². The van der Waals surface area contributed by atoms with Crippen LogP contribution in [0.1, 0.15) is 11.1 Å². The highest BCUT2D eigenvalue weighted by molar-refractivity contribution is 7.80. The van der Waals surface area contributed by atoms with Crippen LogP contribution in [0, 0.1) is 24.0 Å². The van der Waals surface area contributed by atoms with E-state index >= 15 is 0 Å². The zero-order valence-electron chi connectivity index (χ0n) is 13.0. The molecule has 0 aliphatic heterocycles. The number of thiocarbonyl (C=S) groups is 1. The second-order valence-corrected chi connectivity index (χ2v) is 5.45. The molecule has 120 valence electrons. The average molecular weight is 331 g/mol. The van der Waals surface area contributed by atoms with Crippen molar-refractivity contribution < 1.29 is 9.66 Å². The van der Waals surface area contributed by atoms with Crippen LogP contribution in [0.4, 0.5) is 17.1 Å². The zero-order valence-corrected chi connectivity index (χ0v) is 13.9. The summed E-state index contributed by atoms with van der Waals surface area (Å²) < 4.78 is 5.01. The molecule has 6 nitrogen and oxygen atoms in total. The van der Waals surface area contributed by atoms with E-state index in [-0.39, 0.29) is 10.8 Å². The minimum absolute atomic E-state index is 0.103. The van der Waals surface area contributed by atoms with E-state index in [2.05, 4.69) is 10.6 Å². The van der Waals surface area contributed by atoms with Gasteiger partial charge in [0.15, 0.2) is 5.11 Å². The van der Waals surface area contributed by atoms with Crippen molar-refractivity contribution in [2.24, 2.45) is 0 Å². The van der Waals surface area contributed by atoms with E-state index in [1.165, 1.54) is 13.2 Å². The van der Waals surface area contributed by atoms with Gasteiger partial charge in [-0.2, -0.15) is 0 Å². The van der Waals surface area contributed by atoms with Crippen LogP contribution in [0.15, 0.2) is 36.4 Å². The number of anilines is 2. The normalized spacial score (nSPS) is 10.0. The predicted molar refractivity (Wildman–Crippen MR) is 95.4 cm³/mol. The highest BCUT2D eigenvalue weighted by Gasteiger charge is 2.16. The molecule has 7 heteroatoms. The van der Waals surface area contributed by atoms with Gasteiger partial charge in [-0.1, -0.05) is 17.7 Å². The number of hydrogen-bond donors (Lipinski definition) is 2. The largest absolute Gasteiger partial charge is 0.496 e. The lowest BCUT2D eigenvalue weighted by Crippen LogP contribution is -2.20. The molecule has 0 radical (unpaired) electrons. The smallest absolute Gasteiger partial charge is 0.296 e. The lowest BCUT2D eigenvalue weighted by atomic mass is 10.1. The molecule has 0 amide bonds. The second kappa shape index (κ2) is 7.06. The Hall–Kier alpha value is -2.67. The molecule has 0 atom stereocenters. The molecule has 0 aromatic heterocycles. The number of aryl methyl sites for hydroxylation is 2. The molecule has 0 aliphatic rings. The predicted octanol–water partition coefficient (Wildman–Crippen LogP) is 4.03. The minimum Gasteiger partial charge on any atom is -0.496 e. The van der Waals surface area contributed by atoms with Gasteiger partial charge in [0.05, 0.1) is 18.1 Å². The number of nitro benzene ring substituents is 1. The van der Waals surface area contributed by atoms with Gasteiger partial charge in [-0.05, 0) is 49.8 Å². The Labute approximate surface area is 139 Å². The first kappa shape index (κ1) is 16.7. The van der Waals surface area contributed by atoms with Crippen LogP contribution in [0.2, 0.25) is 0 Å². The van der Waals surface area contributed by atoms with Crippen molar-refractivity contribution in [2.45, 2.75) is 13.8 Å². The summed E-state index contributed by atoms with van der Waals surface area (Å²) in [6.07, 6.45) is 0. The molecule has 0 unspecified atom stereocenters. The van der Waals surface area contributed by atoms with E-state index < -0.39 is 4.92 Å². The first-order valence-corrected chi connectivity index (χ1v) is 7.29. The standard InChI is InChI=1S/C16H17N3O3S/c1-10-4-6-13(11(2)8-10)17-16(23)18-14-7-5-12(22-3)9-15(14)19(20)21/h4-9H,1-3H3,(H2,17,18,23). The van der Waals surface area contributed by atoms with Gasteiger partial charge in [-0.15, -0.1) is 0 Å². The topological polar surface area (TPSA) is 76.4 Å². The SMILES string of the molecule is COc1ccc(NC(=S)Nc2ccc(C)cc2C)c([N+](=O)[O-])c1. The number of nitrogens with zero attached hydrogens (tertiary/aromatic N) is 1. The summed E-state index contributed by atoms with van der Waals surface area (Å²) in [4.78, 5) is 10.7. The molecule has 0 fully saturated rings. The van der Waals surface area contributed by atoms with Gasteiger partial charge in [0, 0.05) is 5.69 Å². The number of nitrogens with one attached hydrogen (secondary N) is 2. The third-order valence-corrected chi connectivity index (χ3v) is 3.48. The number of hydrogen-bond acceptors (Lipinski definition) is 4. The summed E-state index contributed by atoms with van der Waals surface area (Å²) >= 11 is 5.24. The van der Waals surface area contributed by atoms with Crippen LogP contribution in [0.25, 0.3) is 0 Å². The average Bonchev–Trinajstić information content (AvgIpc) is 2.50. The van der Waals surface area contributed by atoms with E-state index in [1.54, 1.807) is 12.1 Å². The fourth-order valence-electron chi connectivity index (χ4n) is 2.12. The molecular formula is C16H17N3O3S. The van der Waals surface area contributed by atoms with Crippen molar-refractivity contribution in [1.29, 1.82) is 0 Å². The Balaban J connectivity index is 2.18. The number of benzene rings is 2. The fraction of sp³-hybridized carbons (Fsp3) is 0.188. The molecule has 2 aromatic rings. The van der Waals surface area contributed by atoms with E-state index in [0.29, 0.717) is 11.4 Å². The molecule has 0 saturated heterocycles. The highest BCUT2D eigenvalue weighted by Crippen LogP contribution is 2.29. The quantitative estimate of drug-likeness (QED) is 0.500. The monoisotopic (exact) mass is 331 g/mol. The molecule has 0 saturated carbocycles. The maximum absolute atomic E-state index is 11.2. The zero-order chi connectivity index (χ0) is 17.0. The Morgan fingerprint density at radius 3 is 2.39 bits per heavy atom. The number of rotatable bonds is 4. The van der Waals surface area contributed by atoms with Gasteiger partial charge in [-0.25, -0.2) is 0 Å². The summed E-state index contributed by atoms with van der Waals surface area (Å²) in [5, 5.41) is 17.4. The van der Waals surface area contributed by atoms with Gasteiger partial charge in [-0.3, -0.25) is 10.1 Å². The van der Waals surface area contributed by atoms with Crippen LogP contribution < -0.4 is 15.4 Å². The Bertz CT molecular complexity index is 762. The molecule has 2 rings (SSSR count). The maximum atomic E-state index is 11.2. The van der Waals surface area contributed by atoms with Crippen molar-refractivity contribution >= 4 is 34.4 Å². The van der Waals surface area contributed by atoms with Crippen LogP contribution in [-0.4, -0.2) is 17.1 Å². The molecule has 0 aliphatic carbocycles. The summed E-state index contributed by atoms with van der Waals surface area (Å²) in [6, 6.07) is 10.5. The van der Waals surface area contributed by atoms with Gasteiger partial charge in [0.25, 0.3) is 5.69 Å². The molecule has 0 bridgehead atoms. The number of methoxy groups -OCH3 is 1. The first-order valence-electron chi connectivity index (χ1n) is 6.88. The van der Waals surface area contributed by atoms with Crippen molar-refractivity contribution in [3.63, 3.8) is 0 Å². The highest BCUT2D eigenvalue weighted by atomic mass is 32.1. The van der Waals surface area contributed by atoms with Crippen molar-refractivity contribution in [3.8, 4) is 5.75 Å². The fourth-order valence-corrected chi connectivity index (χ4v) is 2.34. The molecule has 23 heavy (non-hydrogen) atoms. The minimum atomic E-state index is -0.482. The summed E-state index contributed by atoms with van der Waals surface area (Å²) in [5.74, 6) is 0.413. The van der Waals surface area contributed by atoms with E-state index in [0.717, 1.165) is 16.8 Å². The Kier molecular flexibility index (Phi) is 5.13. The van der Waals surface area contributed by atoms with Gasteiger partial charge < -0.3 is 15.4 Å². The maximum Gasteiger partial charge on any atom is 0.296 e.